The van der Waals surface area contributed by atoms with Crippen LogP contribution in [0.2, 0.25) is 0 Å². The maximum Gasteiger partial charge on any atom is 0.244 e. The Kier molecular flexibility index (Phi) is 5.18. The Morgan fingerprint density at radius 1 is 1.00 bits per heavy atom. The number of nitrogens with zero attached hydrogens (tertiary/aromatic N) is 2. The average Bonchev–Trinajstić information content (AvgIpc) is 2.75. The van der Waals surface area contributed by atoms with E-state index >= 15 is 0 Å². The number of pyridine rings is 1. The van der Waals surface area contributed by atoms with Crippen LogP contribution in [0.4, 0.5) is 14.5 Å². The SMILES string of the molecule is O=C(Nc1ccc(F)cc1)C1(N2CCC(c3ccnc4ccc(F)cc34)CC2)CCC1. The Morgan fingerprint density at radius 2 is 1.71 bits per heavy atom. The third-order valence-electron chi connectivity index (χ3n) is 6.98. The van der Waals surface area contributed by atoms with Crippen LogP contribution in [0, 0.1) is 11.6 Å². The molecule has 31 heavy (non-hydrogen) atoms. The molecule has 2 aliphatic rings. The van der Waals surface area contributed by atoms with Gasteiger partial charge in [0.25, 0.3) is 0 Å². The lowest BCUT2D eigenvalue weighted by Crippen LogP contribution is -2.62. The van der Waals surface area contributed by atoms with Crippen molar-refractivity contribution in [2.24, 2.45) is 0 Å². The maximum atomic E-state index is 13.8. The molecule has 0 atom stereocenters. The van der Waals surface area contributed by atoms with Gasteiger partial charge in [0.05, 0.1) is 5.52 Å². The van der Waals surface area contributed by atoms with Crippen LogP contribution in [0.15, 0.2) is 54.7 Å². The summed E-state index contributed by atoms with van der Waals surface area (Å²) >= 11 is 0. The van der Waals surface area contributed by atoms with Gasteiger partial charge in [0.2, 0.25) is 5.91 Å². The Hall–Kier alpha value is -2.86. The van der Waals surface area contributed by atoms with E-state index < -0.39 is 5.54 Å². The molecule has 3 aromatic rings. The minimum Gasteiger partial charge on any atom is -0.324 e. The van der Waals surface area contributed by atoms with Gasteiger partial charge in [-0.3, -0.25) is 14.7 Å². The summed E-state index contributed by atoms with van der Waals surface area (Å²) in [6, 6.07) is 12.7. The molecule has 4 nitrogen and oxygen atoms in total. The number of likely N-dealkylation sites (tertiary alicyclic amines) is 1. The van der Waals surface area contributed by atoms with Gasteiger partial charge in [-0.1, -0.05) is 0 Å². The Morgan fingerprint density at radius 3 is 2.39 bits per heavy atom. The fourth-order valence-corrected chi connectivity index (χ4v) is 5.09. The van der Waals surface area contributed by atoms with Gasteiger partial charge in [0.1, 0.15) is 17.2 Å². The fraction of sp³-hybridized carbons (Fsp3) is 0.360. The van der Waals surface area contributed by atoms with Crippen LogP contribution < -0.4 is 5.32 Å². The van der Waals surface area contributed by atoms with Gasteiger partial charge in [0, 0.05) is 17.3 Å². The number of carbonyl (C=O) groups is 1. The van der Waals surface area contributed by atoms with E-state index in [2.05, 4.69) is 15.2 Å². The van der Waals surface area contributed by atoms with Crippen LogP contribution in [-0.2, 0) is 4.79 Å². The van der Waals surface area contributed by atoms with E-state index in [1.54, 1.807) is 30.5 Å². The summed E-state index contributed by atoms with van der Waals surface area (Å²) in [5.74, 6) is -0.243. The first-order chi connectivity index (χ1) is 15.0. The lowest BCUT2D eigenvalue weighted by atomic mass is 9.72. The van der Waals surface area contributed by atoms with Crippen molar-refractivity contribution < 1.29 is 13.6 Å². The molecule has 2 aromatic carbocycles. The molecule has 1 aromatic heterocycles. The molecule has 0 unspecified atom stereocenters. The molecule has 0 spiro atoms. The predicted molar refractivity (Wildman–Crippen MR) is 117 cm³/mol. The summed E-state index contributed by atoms with van der Waals surface area (Å²) in [6.45, 7) is 1.64. The summed E-state index contributed by atoms with van der Waals surface area (Å²) < 4.78 is 27.0. The van der Waals surface area contributed by atoms with Gasteiger partial charge in [-0.05, 0) is 105 Å². The van der Waals surface area contributed by atoms with E-state index in [1.807, 2.05) is 6.07 Å². The van der Waals surface area contributed by atoms with E-state index in [-0.39, 0.29) is 17.5 Å². The largest absolute Gasteiger partial charge is 0.324 e. The van der Waals surface area contributed by atoms with Crippen molar-refractivity contribution in [1.29, 1.82) is 0 Å². The van der Waals surface area contributed by atoms with E-state index in [9.17, 15) is 13.6 Å². The third kappa shape index (κ3) is 3.69. The molecule has 1 aliphatic carbocycles. The first-order valence-electron chi connectivity index (χ1n) is 10.9. The topological polar surface area (TPSA) is 45.2 Å². The molecule has 1 amide bonds. The quantitative estimate of drug-likeness (QED) is 0.626. The van der Waals surface area contributed by atoms with Crippen molar-refractivity contribution in [3.63, 3.8) is 0 Å². The highest BCUT2D eigenvalue weighted by molar-refractivity contribution is 5.98. The number of carbonyl (C=O) groups excluding carboxylic acids is 1. The number of nitrogens with one attached hydrogen (secondary N) is 1. The normalized spacial score (nSPS) is 19.2. The Balaban J connectivity index is 1.31. The van der Waals surface area contributed by atoms with Crippen LogP contribution in [0.1, 0.15) is 43.6 Å². The van der Waals surface area contributed by atoms with Gasteiger partial charge >= 0.3 is 0 Å². The van der Waals surface area contributed by atoms with Gasteiger partial charge in [-0.15, -0.1) is 0 Å². The molecule has 6 heteroatoms. The number of anilines is 1. The molecular formula is C25H25F2N3O. The third-order valence-corrected chi connectivity index (χ3v) is 6.98. The predicted octanol–water partition coefficient (Wildman–Crippen LogP) is 5.25. The summed E-state index contributed by atoms with van der Waals surface area (Å²) in [4.78, 5) is 19.9. The number of benzene rings is 2. The smallest absolute Gasteiger partial charge is 0.244 e. The highest BCUT2D eigenvalue weighted by Gasteiger charge is 2.49. The summed E-state index contributed by atoms with van der Waals surface area (Å²) in [7, 11) is 0. The van der Waals surface area contributed by atoms with Crippen molar-refractivity contribution in [2.45, 2.75) is 43.6 Å². The lowest BCUT2D eigenvalue weighted by molar-refractivity contribution is -0.135. The second kappa shape index (κ2) is 8.00. The van der Waals surface area contributed by atoms with Gasteiger partial charge in [-0.25, -0.2) is 8.78 Å². The average molecular weight is 421 g/mol. The fourth-order valence-electron chi connectivity index (χ4n) is 5.09. The van der Waals surface area contributed by atoms with Crippen LogP contribution in [0.5, 0.6) is 0 Å². The van der Waals surface area contributed by atoms with Crippen LogP contribution in [0.3, 0.4) is 0 Å². The molecule has 1 saturated carbocycles. The van der Waals surface area contributed by atoms with Gasteiger partial charge < -0.3 is 5.32 Å². The first-order valence-corrected chi connectivity index (χ1v) is 10.9. The molecular weight excluding hydrogens is 396 g/mol. The van der Waals surface area contributed by atoms with Crippen molar-refractivity contribution >= 4 is 22.5 Å². The molecule has 2 fully saturated rings. The maximum absolute atomic E-state index is 13.8. The number of aromatic nitrogens is 1. The molecule has 0 bridgehead atoms. The second-order valence-corrected chi connectivity index (χ2v) is 8.67. The van der Waals surface area contributed by atoms with E-state index in [0.29, 0.717) is 11.6 Å². The summed E-state index contributed by atoms with van der Waals surface area (Å²) in [5, 5.41) is 3.87. The summed E-state index contributed by atoms with van der Waals surface area (Å²) in [6.07, 6.45) is 6.35. The number of halogens is 2. The Bertz CT molecular complexity index is 1100. The number of hydrogen-bond donors (Lipinski definition) is 1. The van der Waals surface area contributed by atoms with Crippen LogP contribution >= 0.6 is 0 Å². The van der Waals surface area contributed by atoms with Crippen molar-refractivity contribution in [2.75, 3.05) is 18.4 Å². The van der Waals surface area contributed by atoms with Crippen molar-refractivity contribution in [3.05, 3.63) is 71.9 Å². The second-order valence-electron chi connectivity index (χ2n) is 8.67. The standard InChI is InChI=1S/C25H25F2N3O/c26-18-2-5-20(6-3-18)29-24(31)25(11-1-12-25)30-14-9-17(10-15-30)21-8-13-28-23-7-4-19(27)16-22(21)23/h2-8,13,16-17H,1,9-12,14-15H2,(H,29,31). The molecule has 5 rings (SSSR count). The highest BCUT2D eigenvalue weighted by Crippen LogP contribution is 2.43. The zero-order chi connectivity index (χ0) is 21.4. The number of amides is 1. The molecule has 2 heterocycles. The van der Waals surface area contributed by atoms with E-state index in [0.717, 1.165) is 61.7 Å². The lowest BCUT2D eigenvalue weighted by Gasteiger charge is -2.51. The van der Waals surface area contributed by atoms with Gasteiger partial charge in [0.15, 0.2) is 0 Å². The number of rotatable bonds is 4. The zero-order valence-corrected chi connectivity index (χ0v) is 17.3. The summed E-state index contributed by atoms with van der Waals surface area (Å²) in [5.41, 5.74) is 2.10. The minimum absolute atomic E-state index is 0.000222. The molecule has 1 saturated heterocycles. The van der Waals surface area contributed by atoms with Gasteiger partial charge in [-0.2, -0.15) is 0 Å². The highest BCUT2D eigenvalue weighted by atomic mass is 19.1. The first kappa shape index (κ1) is 20.1. The van der Waals surface area contributed by atoms with E-state index in [4.69, 9.17) is 0 Å². The van der Waals surface area contributed by atoms with E-state index in [1.165, 1.54) is 18.2 Å². The monoisotopic (exact) mass is 421 g/mol. The van der Waals surface area contributed by atoms with Crippen LogP contribution in [0.25, 0.3) is 10.9 Å². The zero-order valence-electron chi connectivity index (χ0n) is 17.3. The molecule has 160 valence electrons. The minimum atomic E-state index is -0.480. The molecule has 1 N–H and O–H groups in total. The molecule has 1 aliphatic heterocycles. The van der Waals surface area contributed by atoms with Crippen LogP contribution in [-0.4, -0.2) is 34.4 Å². The van der Waals surface area contributed by atoms with Crippen molar-refractivity contribution in [3.8, 4) is 0 Å². The number of piperidine rings is 1. The number of hydrogen-bond acceptors (Lipinski definition) is 3. The van der Waals surface area contributed by atoms with Crippen molar-refractivity contribution in [1.82, 2.24) is 9.88 Å². The Labute approximate surface area is 180 Å². The molecule has 0 radical (unpaired) electrons. The number of fused-ring (bicyclic) bond motifs is 1.